The van der Waals surface area contributed by atoms with Crippen LogP contribution in [0.2, 0.25) is 0 Å². The Morgan fingerprint density at radius 1 is 1.07 bits per heavy atom. The number of nitrogens with one attached hydrogen (secondary N) is 1. The number of anilines is 2. The molecular formula is C18H18F6N4O. The fourth-order valence-electron chi connectivity index (χ4n) is 2.47. The fourth-order valence-corrected chi connectivity index (χ4v) is 2.47. The van der Waals surface area contributed by atoms with Crippen molar-refractivity contribution in [2.45, 2.75) is 39.2 Å². The van der Waals surface area contributed by atoms with Gasteiger partial charge in [0.25, 0.3) is 5.91 Å². The summed E-state index contributed by atoms with van der Waals surface area (Å²) >= 11 is 0. The first kappa shape index (κ1) is 22.4. The maximum Gasteiger partial charge on any atom is 0.416 e. The highest BCUT2D eigenvalue weighted by molar-refractivity contribution is 6.05. The predicted octanol–water partition coefficient (Wildman–Crippen LogP) is 5.00. The first-order valence-electron chi connectivity index (χ1n) is 8.54. The summed E-state index contributed by atoms with van der Waals surface area (Å²) in [5.41, 5.74) is -3.86. The van der Waals surface area contributed by atoms with Crippen LogP contribution in [0, 0.1) is 0 Å². The van der Waals surface area contributed by atoms with Gasteiger partial charge in [0.2, 0.25) is 5.95 Å². The first-order chi connectivity index (χ1) is 13.3. The van der Waals surface area contributed by atoms with Gasteiger partial charge in [0.05, 0.1) is 11.1 Å². The number of halogens is 6. The van der Waals surface area contributed by atoms with Gasteiger partial charge >= 0.3 is 12.4 Å². The molecule has 1 amide bonds. The standard InChI is InChI=1S/C18H18F6N4O/c1-4-28(14-5-6-25-16(27-14)26-10(2)3)15(29)11-7-12(17(19,20)21)9-13(8-11)18(22,23)24/h5-10H,4H2,1-3H3,(H,25,26,27). The van der Waals surface area contributed by atoms with E-state index in [-0.39, 0.29) is 30.4 Å². The number of hydrogen-bond donors (Lipinski definition) is 1. The van der Waals surface area contributed by atoms with Crippen molar-refractivity contribution in [3.05, 3.63) is 47.2 Å². The Labute approximate surface area is 162 Å². The van der Waals surface area contributed by atoms with Gasteiger partial charge in [-0.15, -0.1) is 0 Å². The van der Waals surface area contributed by atoms with Crippen molar-refractivity contribution in [2.75, 3.05) is 16.8 Å². The molecule has 158 valence electrons. The molecule has 0 bridgehead atoms. The van der Waals surface area contributed by atoms with E-state index in [4.69, 9.17) is 0 Å². The second-order valence-electron chi connectivity index (χ2n) is 6.38. The second-order valence-corrected chi connectivity index (χ2v) is 6.38. The third kappa shape index (κ3) is 5.58. The van der Waals surface area contributed by atoms with E-state index in [2.05, 4.69) is 15.3 Å². The van der Waals surface area contributed by atoms with Gasteiger partial charge in [0.1, 0.15) is 5.82 Å². The van der Waals surface area contributed by atoms with Gasteiger partial charge < -0.3 is 5.32 Å². The van der Waals surface area contributed by atoms with E-state index in [0.717, 1.165) is 4.90 Å². The molecule has 2 rings (SSSR count). The van der Waals surface area contributed by atoms with Gasteiger partial charge in [0, 0.05) is 24.3 Å². The molecule has 2 aromatic rings. The number of benzene rings is 1. The molecule has 0 saturated heterocycles. The van der Waals surface area contributed by atoms with Crippen LogP contribution in [0.5, 0.6) is 0 Å². The largest absolute Gasteiger partial charge is 0.416 e. The molecule has 5 nitrogen and oxygen atoms in total. The van der Waals surface area contributed by atoms with Gasteiger partial charge in [-0.25, -0.2) is 4.98 Å². The van der Waals surface area contributed by atoms with E-state index in [9.17, 15) is 31.1 Å². The van der Waals surface area contributed by atoms with Gasteiger partial charge in [-0.1, -0.05) is 0 Å². The van der Waals surface area contributed by atoms with Crippen molar-refractivity contribution in [1.29, 1.82) is 0 Å². The van der Waals surface area contributed by atoms with Crippen LogP contribution < -0.4 is 10.2 Å². The molecule has 1 N–H and O–H groups in total. The Morgan fingerprint density at radius 3 is 2.07 bits per heavy atom. The maximum absolute atomic E-state index is 13.1. The minimum Gasteiger partial charge on any atom is -0.352 e. The van der Waals surface area contributed by atoms with E-state index in [1.54, 1.807) is 0 Å². The number of alkyl halides is 6. The van der Waals surface area contributed by atoms with Gasteiger partial charge in [-0.3, -0.25) is 9.69 Å². The summed E-state index contributed by atoms with van der Waals surface area (Å²) in [6.07, 6.45) is -8.76. The predicted molar refractivity (Wildman–Crippen MR) is 94.6 cm³/mol. The van der Waals surface area contributed by atoms with Crippen LogP contribution in [0.15, 0.2) is 30.5 Å². The number of nitrogens with zero attached hydrogens (tertiary/aromatic N) is 3. The molecule has 0 aliphatic rings. The van der Waals surface area contributed by atoms with Gasteiger partial charge in [-0.2, -0.15) is 31.3 Å². The Bertz CT molecular complexity index is 847. The number of carbonyl (C=O) groups excluding carboxylic acids is 1. The molecule has 0 aliphatic carbocycles. The minimum absolute atomic E-state index is 0.0254. The molecule has 0 radical (unpaired) electrons. The van der Waals surface area contributed by atoms with Crippen LogP contribution in [-0.4, -0.2) is 28.5 Å². The number of carbonyl (C=O) groups is 1. The van der Waals surface area contributed by atoms with Gasteiger partial charge in [-0.05, 0) is 45.0 Å². The zero-order chi connectivity index (χ0) is 22.0. The Morgan fingerprint density at radius 2 is 1.62 bits per heavy atom. The zero-order valence-corrected chi connectivity index (χ0v) is 15.7. The minimum atomic E-state index is -5.05. The molecule has 0 spiro atoms. The average Bonchev–Trinajstić information content (AvgIpc) is 2.60. The molecule has 1 aromatic heterocycles. The molecule has 0 atom stereocenters. The third-order valence-electron chi connectivity index (χ3n) is 3.73. The highest BCUT2D eigenvalue weighted by atomic mass is 19.4. The molecule has 0 unspecified atom stereocenters. The number of hydrogen-bond acceptors (Lipinski definition) is 4. The Hall–Kier alpha value is -2.85. The quantitative estimate of drug-likeness (QED) is 0.692. The Kier molecular flexibility index (Phi) is 6.39. The lowest BCUT2D eigenvalue weighted by atomic mass is 10.0. The van der Waals surface area contributed by atoms with Crippen molar-refractivity contribution in [3.8, 4) is 0 Å². The summed E-state index contributed by atoms with van der Waals surface area (Å²) in [4.78, 5) is 21.8. The van der Waals surface area contributed by atoms with Crippen molar-refractivity contribution >= 4 is 17.7 Å². The number of aromatic nitrogens is 2. The lowest BCUT2D eigenvalue weighted by Gasteiger charge is -2.22. The topological polar surface area (TPSA) is 58.1 Å². The average molecular weight is 420 g/mol. The van der Waals surface area contributed by atoms with E-state index in [1.165, 1.54) is 19.2 Å². The van der Waals surface area contributed by atoms with Crippen molar-refractivity contribution in [3.63, 3.8) is 0 Å². The monoisotopic (exact) mass is 420 g/mol. The molecule has 29 heavy (non-hydrogen) atoms. The molecule has 0 fully saturated rings. The van der Waals surface area contributed by atoms with E-state index in [1.807, 2.05) is 13.8 Å². The normalized spacial score (nSPS) is 12.2. The second kappa shape index (κ2) is 8.26. The summed E-state index contributed by atoms with van der Waals surface area (Å²) in [5, 5.41) is 2.90. The summed E-state index contributed by atoms with van der Waals surface area (Å²) in [5.74, 6) is -0.830. The molecular weight excluding hydrogens is 402 g/mol. The van der Waals surface area contributed by atoms with Crippen molar-refractivity contribution < 1.29 is 31.1 Å². The lowest BCUT2D eigenvalue weighted by molar-refractivity contribution is -0.143. The summed E-state index contributed by atoms with van der Waals surface area (Å²) in [6, 6.07) is 2.07. The third-order valence-corrected chi connectivity index (χ3v) is 3.73. The highest BCUT2D eigenvalue weighted by Gasteiger charge is 2.38. The summed E-state index contributed by atoms with van der Waals surface area (Å²) in [7, 11) is 0. The summed E-state index contributed by atoms with van der Waals surface area (Å²) in [6.45, 7) is 5.13. The van der Waals surface area contributed by atoms with E-state index < -0.39 is 35.0 Å². The Balaban J connectivity index is 2.51. The molecule has 0 aliphatic heterocycles. The van der Waals surface area contributed by atoms with E-state index >= 15 is 0 Å². The number of amides is 1. The fraction of sp³-hybridized carbons (Fsp3) is 0.389. The molecule has 1 heterocycles. The van der Waals surface area contributed by atoms with Crippen LogP contribution in [0.3, 0.4) is 0 Å². The van der Waals surface area contributed by atoms with Crippen molar-refractivity contribution in [2.24, 2.45) is 0 Å². The lowest BCUT2D eigenvalue weighted by Crippen LogP contribution is -2.32. The highest BCUT2D eigenvalue weighted by Crippen LogP contribution is 2.36. The van der Waals surface area contributed by atoms with Crippen LogP contribution in [-0.2, 0) is 12.4 Å². The van der Waals surface area contributed by atoms with Crippen LogP contribution in [0.4, 0.5) is 38.1 Å². The number of rotatable bonds is 5. The van der Waals surface area contributed by atoms with Crippen molar-refractivity contribution in [1.82, 2.24) is 9.97 Å². The molecule has 11 heteroatoms. The zero-order valence-electron chi connectivity index (χ0n) is 15.7. The SMILES string of the molecule is CCN(C(=O)c1cc(C(F)(F)F)cc(C(F)(F)F)c1)c1ccnc(NC(C)C)n1. The molecule has 1 aromatic carbocycles. The van der Waals surface area contributed by atoms with E-state index in [0.29, 0.717) is 12.1 Å². The first-order valence-corrected chi connectivity index (χ1v) is 8.54. The van der Waals surface area contributed by atoms with Gasteiger partial charge in [0.15, 0.2) is 0 Å². The smallest absolute Gasteiger partial charge is 0.352 e. The van der Waals surface area contributed by atoms with Crippen LogP contribution in [0.25, 0.3) is 0 Å². The maximum atomic E-state index is 13.1. The summed E-state index contributed by atoms with van der Waals surface area (Å²) < 4.78 is 78.4. The molecule has 0 saturated carbocycles. The van der Waals surface area contributed by atoms with Crippen LogP contribution >= 0.6 is 0 Å². The van der Waals surface area contributed by atoms with Crippen LogP contribution in [0.1, 0.15) is 42.3 Å².